The molecule has 0 saturated carbocycles. The third-order valence-electron chi connectivity index (χ3n) is 6.56. The Morgan fingerprint density at radius 1 is 0.880 bits per heavy atom. The Bertz CT molecular complexity index is 423. The maximum absolute atomic E-state index is 11.9. The number of carbonyl (C=O) groups is 1. The maximum Gasteiger partial charge on any atom is 0.222 e. The fraction of sp³-hybridized carbons (Fsp3) is 0.952. The van der Waals surface area contributed by atoms with Crippen LogP contribution >= 0.6 is 0 Å². The van der Waals surface area contributed by atoms with Gasteiger partial charge in [0.2, 0.25) is 5.91 Å². The van der Waals surface area contributed by atoms with Gasteiger partial charge in [-0.2, -0.15) is 0 Å². The van der Waals surface area contributed by atoms with Gasteiger partial charge in [-0.25, -0.2) is 0 Å². The second kappa shape index (κ2) is 8.85. The van der Waals surface area contributed by atoms with Crippen LogP contribution in [-0.2, 0) is 4.79 Å². The van der Waals surface area contributed by atoms with Gasteiger partial charge in [-0.3, -0.25) is 9.69 Å². The van der Waals surface area contributed by atoms with Crippen molar-refractivity contribution in [1.29, 1.82) is 0 Å². The molecule has 2 saturated heterocycles. The monoisotopic (exact) mass is 351 g/mol. The Morgan fingerprint density at radius 3 is 2.00 bits per heavy atom. The van der Waals surface area contributed by atoms with Gasteiger partial charge in [0.15, 0.2) is 0 Å². The Kier molecular flexibility index (Phi) is 7.33. The van der Waals surface area contributed by atoms with Crippen molar-refractivity contribution in [2.75, 3.05) is 45.8 Å². The summed E-state index contributed by atoms with van der Waals surface area (Å²) < 4.78 is 0. The predicted octanol–water partition coefficient (Wildman–Crippen LogP) is 3.61. The number of piperazine rings is 1. The first-order valence-electron chi connectivity index (χ1n) is 10.5. The molecule has 146 valence electrons. The van der Waals surface area contributed by atoms with Gasteiger partial charge in [0.1, 0.15) is 0 Å². The number of hydrogen-bond acceptors (Lipinski definition) is 3. The summed E-state index contributed by atoms with van der Waals surface area (Å²) in [5.74, 6) is 0.306. The molecule has 0 N–H and O–H groups in total. The van der Waals surface area contributed by atoms with Crippen molar-refractivity contribution in [3.63, 3.8) is 0 Å². The smallest absolute Gasteiger partial charge is 0.222 e. The molecule has 0 aromatic carbocycles. The van der Waals surface area contributed by atoms with E-state index in [0.717, 1.165) is 26.2 Å². The van der Waals surface area contributed by atoms with E-state index >= 15 is 0 Å². The third kappa shape index (κ3) is 5.68. The zero-order valence-corrected chi connectivity index (χ0v) is 17.4. The van der Waals surface area contributed by atoms with Crippen molar-refractivity contribution in [2.24, 2.45) is 5.41 Å². The summed E-state index contributed by atoms with van der Waals surface area (Å²) in [6, 6.07) is 0. The number of hydrogen-bond donors (Lipinski definition) is 0. The van der Waals surface area contributed by atoms with Crippen LogP contribution in [0.1, 0.15) is 73.1 Å². The SMILES string of the molecule is CCC(=O)N1CCN(C(C)(C)CC(C)(CC)CN2CCCCC2)CC1. The lowest BCUT2D eigenvalue weighted by atomic mass is 9.75. The number of amides is 1. The van der Waals surface area contributed by atoms with E-state index in [1.807, 2.05) is 11.8 Å². The van der Waals surface area contributed by atoms with Crippen molar-refractivity contribution in [3.8, 4) is 0 Å². The van der Waals surface area contributed by atoms with Gasteiger partial charge < -0.3 is 9.80 Å². The van der Waals surface area contributed by atoms with E-state index in [0.29, 0.717) is 17.7 Å². The highest BCUT2D eigenvalue weighted by molar-refractivity contribution is 5.75. The standard InChI is InChI=1S/C21H41N3O/c1-6-19(25)23-13-15-24(16-14-23)20(3,4)17-21(5,7-2)18-22-11-9-8-10-12-22/h6-18H2,1-5H3. The van der Waals surface area contributed by atoms with Crippen molar-refractivity contribution < 1.29 is 4.79 Å². The summed E-state index contributed by atoms with van der Waals surface area (Å²) in [5, 5.41) is 0. The second-order valence-corrected chi connectivity index (χ2v) is 9.21. The predicted molar refractivity (Wildman–Crippen MR) is 106 cm³/mol. The molecule has 2 aliphatic heterocycles. The van der Waals surface area contributed by atoms with E-state index < -0.39 is 0 Å². The van der Waals surface area contributed by atoms with Gasteiger partial charge in [-0.1, -0.05) is 27.2 Å². The second-order valence-electron chi connectivity index (χ2n) is 9.21. The van der Waals surface area contributed by atoms with Crippen LogP contribution in [0.4, 0.5) is 0 Å². The highest BCUT2D eigenvalue weighted by Gasteiger charge is 2.38. The molecule has 2 rings (SSSR count). The first kappa shape index (κ1) is 20.7. The molecular formula is C21H41N3O. The molecular weight excluding hydrogens is 310 g/mol. The molecule has 2 heterocycles. The van der Waals surface area contributed by atoms with E-state index in [9.17, 15) is 4.79 Å². The van der Waals surface area contributed by atoms with Crippen LogP contribution in [0.15, 0.2) is 0 Å². The molecule has 1 unspecified atom stereocenters. The van der Waals surface area contributed by atoms with Crippen LogP contribution in [0, 0.1) is 5.41 Å². The van der Waals surface area contributed by atoms with Gasteiger partial charge in [0.25, 0.3) is 0 Å². The minimum absolute atomic E-state index is 0.196. The van der Waals surface area contributed by atoms with Crippen LogP contribution in [0.2, 0.25) is 0 Å². The number of nitrogens with zero attached hydrogens (tertiary/aromatic N) is 3. The summed E-state index contributed by atoms with van der Waals surface area (Å²) in [4.78, 5) is 19.3. The fourth-order valence-electron chi connectivity index (χ4n) is 4.89. The molecule has 0 spiro atoms. The lowest BCUT2D eigenvalue weighted by Gasteiger charge is -2.48. The van der Waals surface area contributed by atoms with Gasteiger partial charge in [-0.15, -0.1) is 0 Å². The van der Waals surface area contributed by atoms with E-state index in [-0.39, 0.29) is 5.54 Å². The van der Waals surface area contributed by atoms with Crippen molar-refractivity contribution >= 4 is 5.91 Å². The summed E-state index contributed by atoms with van der Waals surface area (Å²) in [6.45, 7) is 19.3. The number of rotatable bonds is 7. The fourth-order valence-corrected chi connectivity index (χ4v) is 4.89. The Hall–Kier alpha value is -0.610. The summed E-state index contributed by atoms with van der Waals surface area (Å²) >= 11 is 0. The van der Waals surface area contributed by atoms with Crippen LogP contribution in [0.5, 0.6) is 0 Å². The molecule has 2 fully saturated rings. The molecule has 2 aliphatic rings. The molecule has 0 aliphatic carbocycles. The van der Waals surface area contributed by atoms with E-state index in [4.69, 9.17) is 0 Å². The van der Waals surface area contributed by atoms with E-state index in [1.165, 1.54) is 51.7 Å². The van der Waals surface area contributed by atoms with Crippen LogP contribution < -0.4 is 0 Å². The first-order chi connectivity index (χ1) is 11.8. The summed E-state index contributed by atoms with van der Waals surface area (Å²) in [7, 11) is 0. The molecule has 0 bridgehead atoms. The quantitative estimate of drug-likeness (QED) is 0.701. The number of carbonyl (C=O) groups excluding carboxylic acids is 1. The molecule has 4 heteroatoms. The van der Waals surface area contributed by atoms with Crippen molar-refractivity contribution in [3.05, 3.63) is 0 Å². The Balaban J connectivity index is 1.92. The molecule has 4 nitrogen and oxygen atoms in total. The highest BCUT2D eigenvalue weighted by atomic mass is 16.2. The van der Waals surface area contributed by atoms with Crippen molar-refractivity contribution in [2.45, 2.75) is 78.7 Å². The largest absolute Gasteiger partial charge is 0.340 e. The Morgan fingerprint density at radius 2 is 1.48 bits per heavy atom. The maximum atomic E-state index is 11.9. The average Bonchev–Trinajstić information content (AvgIpc) is 2.61. The van der Waals surface area contributed by atoms with Crippen LogP contribution in [0.25, 0.3) is 0 Å². The normalized spacial score (nSPS) is 23.5. The lowest BCUT2D eigenvalue weighted by Crippen LogP contribution is -2.57. The molecule has 0 aromatic rings. The van der Waals surface area contributed by atoms with E-state index in [1.54, 1.807) is 0 Å². The molecule has 1 amide bonds. The average molecular weight is 352 g/mol. The van der Waals surface area contributed by atoms with Gasteiger partial charge in [0.05, 0.1) is 0 Å². The van der Waals surface area contributed by atoms with Crippen LogP contribution in [0.3, 0.4) is 0 Å². The molecule has 0 radical (unpaired) electrons. The van der Waals surface area contributed by atoms with Crippen LogP contribution in [-0.4, -0.2) is 72.0 Å². The molecule has 1 atom stereocenters. The van der Waals surface area contributed by atoms with Gasteiger partial charge in [0, 0.05) is 44.7 Å². The van der Waals surface area contributed by atoms with E-state index in [2.05, 4.69) is 37.5 Å². The Labute approximate surface area is 155 Å². The third-order valence-corrected chi connectivity index (χ3v) is 6.56. The topological polar surface area (TPSA) is 26.8 Å². The zero-order chi connectivity index (χ0) is 18.5. The summed E-state index contributed by atoms with van der Waals surface area (Å²) in [5.41, 5.74) is 0.569. The van der Waals surface area contributed by atoms with Gasteiger partial charge in [-0.05, 0) is 58.0 Å². The lowest BCUT2D eigenvalue weighted by molar-refractivity contribution is -0.133. The van der Waals surface area contributed by atoms with Gasteiger partial charge >= 0.3 is 0 Å². The summed E-state index contributed by atoms with van der Waals surface area (Å²) in [6.07, 6.45) is 7.25. The minimum atomic E-state index is 0.196. The highest BCUT2D eigenvalue weighted by Crippen LogP contribution is 2.36. The molecule has 0 aromatic heterocycles. The minimum Gasteiger partial charge on any atom is -0.340 e. The number of piperidine rings is 1. The first-order valence-corrected chi connectivity index (χ1v) is 10.5. The van der Waals surface area contributed by atoms with Crippen molar-refractivity contribution in [1.82, 2.24) is 14.7 Å². The molecule has 25 heavy (non-hydrogen) atoms. The zero-order valence-electron chi connectivity index (χ0n) is 17.4. The number of likely N-dealkylation sites (tertiary alicyclic amines) is 1.